The van der Waals surface area contributed by atoms with E-state index in [0.717, 1.165) is 0 Å². The van der Waals surface area contributed by atoms with E-state index in [1.807, 2.05) is 0 Å². The molecule has 12 heavy (non-hydrogen) atoms. The highest BCUT2D eigenvalue weighted by molar-refractivity contribution is 5.87. The summed E-state index contributed by atoms with van der Waals surface area (Å²) < 4.78 is 1.27. The fraction of sp³-hybridized carbons (Fsp3) is 0. The highest BCUT2D eigenvalue weighted by Gasteiger charge is 2.04. The molecule has 0 fully saturated rings. The lowest BCUT2D eigenvalue weighted by molar-refractivity contribution is 0.251. The number of carbonyl (C=O) groups is 1. The van der Waals surface area contributed by atoms with Gasteiger partial charge in [-0.3, -0.25) is 9.55 Å². The second-order valence-electron chi connectivity index (χ2n) is 2.32. The predicted octanol–water partition coefficient (Wildman–Crippen LogP) is 0.358. The van der Waals surface area contributed by atoms with Gasteiger partial charge in [-0.1, -0.05) is 0 Å². The maximum absolute atomic E-state index is 10.8. The third-order valence-corrected chi connectivity index (χ3v) is 1.59. The fourth-order valence-corrected chi connectivity index (χ4v) is 1.04. The zero-order chi connectivity index (χ0) is 8.55. The van der Waals surface area contributed by atoms with Crippen LogP contribution < -0.4 is 5.73 Å². The van der Waals surface area contributed by atoms with Crippen LogP contribution >= 0.6 is 0 Å². The Morgan fingerprint density at radius 3 is 3.17 bits per heavy atom. The zero-order valence-electron chi connectivity index (χ0n) is 6.14. The van der Waals surface area contributed by atoms with Gasteiger partial charge in [0.25, 0.3) is 0 Å². The lowest BCUT2D eigenvalue weighted by Gasteiger charge is -1.94. The molecule has 0 atom stereocenters. The minimum absolute atomic E-state index is 0.538. The Labute approximate surface area is 67.8 Å². The predicted molar refractivity (Wildman–Crippen MR) is 42.5 cm³/mol. The summed E-state index contributed by atoms with van der Waals surface area (Å²) in [5.74, 6) is 0. The summed E-state index contributed by atoms with van der Waals surface area (Å²) in [6.07, 6.45) is 4.55. The van der Waals surface area contributed by atoms with Crippen molar-refractivity contribution in [1.29, 1.82) is 0 Å². The highest BCUT2D eigenvalue weighted by atomic mass is 16.2. The Kier molecular flexibility index (Phi) is 1.30. The van der Waals surface area contributed by atoms with E-state index in [2.05, 4.69) is 9.97 Å². The van der Waals surface area contributed by atoms with Gasteiger partial charge in [0.2, 0.25) is 0 Å². The number of primary amides is 1. The molecular weight excluding hydrogens is 156 g/mol. The topological polar surface area (TPSA) is 73.8 Å². The molecule has 0 saturated carbocycles. The monoisotopic (exact) mass is 162 g/mol. The van der Waals surface area contributed by atoms with Crippen molar-refractivity contribution < 1.29 is 4.79 Å². The molecule has 2 aromatic rings. The SMILES string of the molecule is NC(=O)n1cnc2cnccc21. The Morgan fingerprint density at radius 1 is 1.58 bits per heavy atom. The molecular formula is C7H6N4O. The van der Waals surface area contributed by atoms with Gasteiger partial charge in [0.15, 0.2) is 0 Å². The van der Waals surface area contributed by atoms with E-state index >= 15 is 0 Å². The van der Waals surface area contributed by atoms with Crippen LogP contribution in [0.25, 0.3) is 11.0 Å². The molecule has 0 aromatic carbocycles. The average Bonchev–Trinajstić information content (AvgIpc) is 2.47. The van der Waals surface area contributed by atoms with Crippen LogP contribution in [0.15, 0.2) is 24.8 Å². The Bertz CT molecular complexity index is 434. The van der Waals surface area contributed by atoms with Crippen molar-refractivity contribution in [2.45, 2.75) is 0 Å². The van der Waals surface area contributed by atoms with Crippen molar-refractivity contribution >= 4 is 17.1 Å². The molecule has 2 aromatic heterocycles. The largest absolute Gasteiger partial charge is 0.351 e. The number of carbonyl (C=O) groups excluding carboxylic acids is 1. The smallest absolute Gasteiger partial charge is 0.324 e. The first-order chi connectivity index (χ1) is 5.79. The number of hydrogen-bond donors (Lipinski definition) is 1. The summed E-state index contributed by atoms with van der Waals surface area (Å²) in [5, 5.41) is 0. The second-order valence-corrected chi connectivity index (χ2v) is 2.32. The number of aromatic nitrogens is 3. The maximum atomic E-state index is 10.8. The Hall–Kier alpha value is -1.91. The number of nitrogens with two attached hydrogens (primary N) is 1. The van der Waals surface area contributed by atoms with E-state index in [1.54, 1.807) is 18.5 Å². The van der Waals surface area contributed by atoms with Crippen LogP contribution in [0.1, 0.15) is 0 Å². The Balaban J connectivity index is 2.79. The normalized spacial score (nSPS) is 10.3. The van der Waals surface area contributed by atoms with Gasteiger partial charge in [-0.15, -0.1) is 0 Å². The molecule has 0 aliphatic carbocycles. The minimum Gasteiger partial charge on any atom is -0.351 e. The highest BCUT2D eigenvalue weighted by Crippen LogP contribution is 2.08. The van der Waals surface area contributed by atoms with E-state index < -0.39 is 6.03 Å². The second kappa shape index (κ2) is 2.30. The third kappa shape index (κ3) is 0.833. The molecule has 0 aliphatic heterocycles. The number of hydrogen-bond acceptors (Lipinski definition) is 3. The molecule has 5 nitrogen and oxygen atoms in total. The van der Waals surface area contributed by atoms with Gasteiger partial charge < -0.3 is 5.73 Å². The quantitative estimate of drug-likeness (QED) is 0.607. The van der Waals surface area contributed by atoms with E-state index in [1.165, 1.54) is 10.9 Å². The first-order valence-electron chi connectivity index (χ1n) is 3.36. The molecule has 1 amide bonds. The van der Waals surface area contributed by atoms with Gasteiger partial charge in [0.05, 0.1) is 11.7 Å². The summed E-state index contributed by atoms with van der Waals surface area (Å²) in [4.78, 5) is 18.6. The van der Waals surface area contributed by atoms with Crippen LogP contribution in [0, 0.1) is 0 Å². The molecule has 5 heteroatoms. The molecule has 2 heterocycles. The third-order valence-electron chi connectivity index (χ3n) is 1.59. The summed E-state index contributed by atoms with van der Waals surface area (Å²) in [6, 6.07) is 1.15. The van der Waals surface area contributed by atoms with E-state index in [-0.39, 0.29) is 0 Å². The van der Waals surface area contributed by atoms with Gasteiger partial charge in [-0.25, -0.2) is 9.78 Å². The number of fused-ring (bicyclic) bond motifs is 1. The van der Waals surface area contributed by atoms with Gasteiger partial charge in [-0.05, 0) is 6.07 Å². The molecule has 0 aliphatic rings. The molecule has 60 valence electrons. The van der Waals surface area contributed by atoms with Crippen LogP contribution in [0.4, 0.5) is 4.79 Å². The summed E-state index contributed by atoms with van der Waals surface area (Å²) in [6.45, 7) is 0. The van der Waals surface area contributed by atoms with E-state index in [4.69, 9.17) is 5.73 Å². The molecule has 2 rings (SSSR count). The van der Waals surface area contributed by atoms with Crippen molar-refractivity contribution in [2.75, 3.05) is 0 Å². The van der Waals surface area contributed by atoms with Crippen LogP contribution in [-0.2, 0) is 0 Å². The first kappa shape index (κ1) is 6.78. The van der Waals surface area contributed by atoms with Crippen LogP contribution in [0.5, 0.6) is 0 Å². The van der Waals surface area contributed by atoms with Gasteiger partial charge >= 0.3 is 6.03 Å². The zero-order valence-corrected chi connectivity index (χ0v) is 6.14. The van der Waals surface area contributed by atoms with E-state index in [9.17, 15) is 4.79 Å². The lowest BCUT2D eigenvalue weighted by Crippen LogP contribution is -2.18. The van der Waals surface area contributed by atoms with Crippen molar-refractivity contribution in [2.24, 2.45) is 5.73 Å². The maximum Gasteiger partial charge on any atom is 0.324 e. The standard InChI is InChI=1S/C7H6N4O/c8-7(12)11-4-10-5-3-9-2-1-6(5)11/h1-4H,(H2,8,12). The molecule has 0 spiro atoms. The summed E-state index contributed by atoms with van der Waals surface area (Å²) in [7, 11) is 0. The first-order valence-corrected chi connectivity index (χ1v) is 3.36. The molecule has 2 N–H and O–H groups in total. The van der Waals surface area contributed by atoms with Crippen LogP contribution in [-0.4, -0.2) is 20.6 Å². The summed E-state index contributed by atoms with van der Waals surface area (Å²) in [5.41, 5.74) is 6.43. The van der Waals surface area contributed by atoms with Crippen molar-refractivity contribution in [1.82, 2.24) is 14.5 Å². The number of rotatable bonds is 0. The minimum atomic E-state index is -0.538. The number of pyridine rings is 1. The van der Waals surface area contributed by atoms with Crippen molar-refractivity contribution in [3.05, 3.63) is 24.8 Å². The average molecular weight is 162 g/mol. The number of imidazole rings is 1. The number of amides is 1. The van der Waals surface area contributed by atoms with Gasteiger partial charge in [0.1, 0.15) is 11.8 Å². The fourth-order valence-electron chi connectivity index (χ4n) is 1.04. The van der Waals surface area contributed by atoms with Crippen molar-refractivity contribution in [3.8, 4) is 0 Å². The van der Waals surface area contributed by atoms with E-state index in [0.29, 0.717) is 11.0 Å². The molecule has 0 saturated heterocycles. The van der Waals surface area contributed by atoms with Gasteiger partial charge in [-0.2, -0.15) is 0 Å². The lowest BCUT2D eigenvalue weighted by atomic mass is 10.4. The van der Waals surface area contributed by atoms with Gasteiger partial charge in [0, 0.05) is 6.20 Å². The molecule has 0 unspecified atom stereocenters. The molecule has 0 radical (unpaired) electrons. The Morgan fingerprint density at radius 2 is 2.42 bits per heavy atom. The van der Waals surface area contributed by atoms with Crippen LogP contribution in [0.3, 0.4) is 0 Å². The summed E-state index contributed by atoms with van der Waals surface area (Å²) >= 11 is 0. The number of nitrogens with zero attached hydrogens (tertiary/aromatic N) is 3. The molecule has 0 bridgehead atoms. The van der Waals surface area contributed by atoms with Crippen LogP contribution in [0.2, 0.25) is 0 Å². The van der Waals surface area contributed by atoms with Crippen molar-refractivity contribution in [3.63, 3.8) is 0 Å².